The molecular weight excluding hydrogens is 424 g/mol. The zero-order valence-corrected chi connectivity index (χ0v) is 14.5. The molecule has 0 aliphatic rings. The number of allylic oxidation sites excluding steroid dienone is 1. The van der Waals surface area contributed by atoms with E-state index in [4.69, 9.17) is 5.41 Å². The second-order valence-electron chi connectivity index (χ2n) is 5.46. The Kier molecular flexibility index (Phi) is 5.56. The molecule has 0 amide bonds. The average molecular weight is 434 g/mol. The van der Waals surface area contributed by atoms with Gasteiger partial charge in [-0.25, -0.2) is 4.98 Å². The van der Waals surface area contributed by atoms with Crippen molar-refractivity contribution in [1.29, 1.82) is 5.41 Å². The lowest BCUT2D eigenvalue weighted by Gasteiger charge is -2.19. The van der Waals surface area contributed by atoms with Gasteiger partial charge in [-0.1, -0.05) is 0 Å². The summed E-state index contributed by atoms with van der Waals surface area (Å²) in [6.07, 6.45) is -10.5. The number of hydrogen-bond acceptors (Lipinski definition) is 5. The van der Waals surface area contributed by atoms with E-state index in [0.717, 1.165) is 15.7 Å². The first-order chi connectivity index (χ1) is 12.7. The average Bonchev–Trinajstić information content (AvgIpc) is 2.91. The third kappa shape index (κ3) is 4.00. The lowest BCUT2D eigenvalue weighted by Crippen LogP contribution is -2.44. The Balaban J connectivity index is 2.60. The van der Waals surface area contributed by atoms with Gasteiger partial charge in [0.05, 0.1) is 12.1 Å². The van der Waals surface area contributed by atoms with Crippen LogP contribution in [0.4, 0.5) is 35.1 Å². The van der Waals surface area contributed by atoms with Crippen LogP contribution in [0.15, 0.2) is 16.4 Å². The number of fused-ring (bicyclic) bond motifs is 1. The number of rotatable bonds is 5. The summed E-state index contributed by atoms with van der Waals surface area (Å²) in [5.74, 6) is -5.18. The van der Waals surface area contributed by atoms with Crippen molar-refractivity contribution in [3.05, 3.63) is 38.9 Å². The van der Waals surface area contributed by atoms with Crippen LogP contribution in [0.5, 0.6) is 0 Å². The van der Waals surface area contributed by atoms with E-state index in [1.807, 2.05) is 0 Å². The predicted molar refractivity (Wildman–Crippen MR) is 84.8 cm³/mol. The van der Waals surface area contributed by atoms with E-state index in [-0.39, 0.29) is 16.9 Å². The molecule has 0 unspecified atom stereocenters. The molecule has 0 aliphatic carbocycles. The number of nitrogens with zero attached hydrogens (tertiary/aromatic N) is 2. The zero-order chi connectivity index (χ0) is 21.5. The van der Waals surface area contributed by atoms with Crippen molar-refractivity contribution in [3.8, 4) is 0 Å². The molecule has 0 radical (unpaired) electrons. The highest BCUT2D eigenvalue weighted by molar-refractivity contribution is 7.15. The third-order valence-electron chi connectivity index (χ3n) is 3.45. The summed E-state index contributed by atoms with van der Waals surface area (Å²) in [7, 11) is 0. The molecule has 2 aromatic rings. The van der Waals surface area contributed by atoms with Crippen molar-refractivity contribution in [2.75, 3.05) is 6.54 Å². The highest BCUT2D eigenvalue weighted by Crippen LogP contribution is 2.35. The molecule has 0 spiro atoms. The van der Waals surface area contributed by atoms with Gasteiger partial charge in [0.2, 0.25) is 0 Å². The summed E-state index contributed by atoms with van der Waals surface area (Å²) >= 11 is 0.746. The molecule has 2 heterocycles. The Bertz CT molecular complexity index is 986. The topological polar surface area (TPSA) is 70.2 Å². The van der Waals surface area contributed by atoms with E-state index >= 15 is 0 Å². The molecule has 0 aliphatic heterocycles. The van der Waals surface area contributed by atoms with Crippen LogP contribution >= 0.6 is 11.3 Å². The van der Waals surface area contributed by atoms with Gasteiger partial charge in [0, 0.05) is 29.1 Å². The summed E-state index contributed by atoms with van der Waals surface area (Å²) in [5, 5.41) is 10.1. The van der Waals surface area contributed by atoms with E-state index < -0.39 is 47.2 Å². The van der Waals surface area contributed by atoms with E-state index in [9.17, 15) is 39.9 Å². The molecule has 0 bridgehead atoms. The highest BCUT2D eigenvalue weighted by atomic mass is 32.1. The van der Waals surface area contributed by atoms with Crippen molar-refractivity contribution in [1.82, 2.24) is 14.7 Å². The predicted octanol–water partition coefficient (Wildman–Crippen LogP) is 3.86. The number of alkyl halides is 8. The van der Waals surface area contributed by atoms with Gasteiger partial charge in [0.25, 0.3) is 5.56 Å². The summed E-state index contributed by atoms with van der Waals surface area (Å²) in [6.45, 7) is -0.594. The van der Waals surface area contributed by atoms with E-state index in [0.29, 0.717) is 6.20 Å². The van der Waals surface area contributed by atoms with Crippen LogP contribution in [0.2, 0.25) is 0 Å². The minimum atomic E-state index is -5.89. The Hall–Kier alpha value is -2.51. The van der Waals surface area contributed by atoms with Crippen molar-refractivity contribution in [3.63, 3.8) is 0 Å². The van der Waals surface area contributed by atoms with Crippen LogP contribution in [-0.4, -0.2) is 34.2 Å². The number of aromatic nitrogens is 2. The fraction of sp³-hybridized carbons (Fsp3) is 0.357. The van der Waals surface area contributed by atoms with Gasteiger partial charge in [-0.2, -0.15) is 35.1 Å². The van der Waals surface area contributed by atoms with Gasteiger partial charge >= 0.3 is 18.3 Å². The molecule has 0 saturated heterocycles. The Morgan fingerprint density at radius 2 is 1.86 bits per heavy atom. The molecule has 0 aromatic carbocycles. The Labute approximate surface area is 154 Å². The molecular formula is C14H10F8N4OS. The number of aryl methyl sites for hydroxylation is 1. The van der Waals surface area contributed by atoms with E-state index in [1.165, 1.54) is 17.6 Å². The van der Waals surface area contributed by atoms with Gasteiger partial charge in [-0.3, -0.25) is 9.20 Å². The fourth-order valence-corrected chi connectivity index (χ4v) is 2.98. The van der Waals surface area contributed by atoms with Crippen LogP contribution < -0.4 is 10.9 Å². The van der Waals surface area contributed by atoms with Crippen LogP contribution in [0.3, 0.4) is 0 Å². The smallest absolute Gasteiger partial charge is 0.384 e. The second-order valence-corrected chi connectivity index (χ2v) is 6.30. The van der Waals surface area contributed by atoms with Gasteiger partial charge in [0.1, 0.15) is 0 Å². The molecule has 14 heteroatoms. The molecule has 0 fully saturated rings. The van der Waals surface area contributed by atoms with Crippen LogP contribution in [0, 0.1) is 12.3 Å². The maximum absolute atomic E-state index is 13.3. The monoisotopic (exact) mass is 434 g/mol. The van der Waals surface area contributed by atoms with Crippen molar-refractivity contribution >= 4 is 28.1 Å². The largest absolute Gasteiger partial charge is 0.455 e. The first-order valence-electron chi connectivity index (χ1n) is 7.17. The maximum Gasteiger partial charge on any atom is 0.455 e. The Morgan fingerprint density at radius 1 is 1.25 bits per heavy atom. The van der Waals surface area contributed by atoms with Gasteiger partial charge in [0.15, 0.2) is 10.7 Å². The normalized spacial score (nSPS) is 13.8. The lowest BCUT2D eigenvalue weighted by molar-refractivity contribution is -0.278. The Morgan fingerprint density at radius 3 is 2.36 bits per heavy atom. The van der Waals surface area contributed by atoms with Crippen LogP contribution in [0.1, 0.15) is 17.0 Å². The maximum atomic E-state index is 13.3. The number of thiazole rings is 1. The molecule has 2 aromatic heterocycles. The minimum Gasteiger partial charge on any atom is -0.384 e. The first-order valence-corrected chi connectivity index (χ1v) is 8.05. The number of halogens is 8. The van der Waals surface area contributed by atoms with Gasteiger partial charge in [-0.05, 0) is 6.92 Å². The highest BCUT2D eigenvalue weighted by Gasteiger charge is 2.57. The van der Waals surface area contributed by atoms with Crippen LogP contribution in [-0.2, 0) is 6.18 Å². The zero-order valence-electron chi connectivity index (χ0n) is 13.7. The van der Waals surface area contributed by atoms with Crippen molar-refractivity contribution in [2.45, 2.75) is 25.2 Å². The quantitative estimate of drug-likeness (QED) is 0.555. The summed E-state index contributed by atoms with van der Waals surface area (Å²) in [4.78, 5) is 15.6. The molecule has 0 atom stereocenters. The number of nitrogens with one attached hydrogen (secondary N) is 2. The molecule has 28 heavy (non-hydrogen) atoms. The van der Waals surface area contributed by atoms with E-state index in [1.54, 1.807) is 0 Å². The summed E-state index contributed by atoms with van der Waals surface area (Å²) in [5.41, 5.74) is -4.70. The summed E-state index contributed by atoms with van der Waals surface area (Å²) < 4.78 is 103. The summed E-state index contributed by atoms with van der Waals surface area (Å²) in [6, 6.07) is 0. The SMILES string of the molecule is Cc1csc2nc(C(F)(F)F)c(/C(C=N)=C/NCC(F)(F)C(F)(F)F)c(=O)n12. The van der Waals surface area contributed by atoms with Crippen LogP contribution in [0.25, 0.3) is 10.5 Å². The van der Waals surface area contributed by atoms with Gasteiger partial charge < -0.3 is 10.7 Å². The van der Waals surface area contributed by atoms with Crippen molar-refractivity contribution < 1.29 is 35.1 Å². The molecule has 2 rings (SSSR count). The van der Waals surface area contributed by atoms with Crippen molar-refractivity contribution in [2.24, 2.45) is 0 Å². The molecule has 154 valence electrons. The van der Waals surface area contributed by atoms with Gasteiger partial charge in [-0.15, -0.1) is 11.3 Å². The molecule has 2 N–H and O–H groups in total. The number of hydrogen-bond donors (Lipinski definition) is 2. The first kappa shape index (κ1) is 21.8. The second kappa shape index (κ2) is 7.14. The fourth-order valence-electron chi connectivity index (χ4n) is 2.12. The standard InChI is InChI=1S/C14H10F8N4OS/c1-6-4-28-11-25-9(13(17,18)19)8(10(27)26(6)11)7(2-23)3-24-5-12(15,16)14(20,21)22/h2-4,23-24H,5H2,1H3/b7-3+,23-2?. The third-order valence-corrected chi connectivity index (χ3v) is 4.39. The molecule has 5 nitrogen and oxygen atoms in total. The van der Waals surface area contributed by atoms with E-state index in [2.05, 4.69) is 4.98 Å². The lowest BCUT2D eigenvalue weighted by atomic mass is 10.1. The molecule has 0 saturated carbocycles. The minimum absolute atomic E-state index is 0.223.